The first-order valence-electron chi connectivity index (χ1n) is 8.03. The van der Waals surface area contributed by atoms with E-state index < -0.39 is 0 Å². The fourth-order valence-electron chi connectivity index (χ4n) is 2.81. The predicted octanol–water partition coefficient (Wildman–Crippen LogP) is 3.31. The van der Waals surface area contributed by atoms with Gasteiger partial charge in [0, 0.05) is 32.7 Å². The summed E-state index contributed by atoms with van der Waals surface area (Å²) in [5.74, 6) is 0.529. The van der Waals surface area contributed by atoms with Crippen LogP contribution in [0.5, 0.6) is 0 Å². The Morgan fingerprint density at radius 2 is 2.05 bits per heavy atom. The van der Waals surface area contributed by atoms with Gasteiger partial charge in [0.05, 0.1) is 16.4 Å². The van der Waals surface area contributed by atoms with Crippen LogP contribution in [-0.2, 0) is 24.1 Å². The highest BCUT2D eigenvalue weighted by atomic mass is 35.5. The van der Waals surface area contributed by atoms with E-state index in [1.807, 2.05) is 4.68 Å². The molecule has 5 heteroatoms. The molecule has 1 aromatic rings. The van der Waals surface area contributed by atoms with Gasteiger partial charge in [-0.25, -0.2) is 0 Å². The molecule has 0 saturated heterocycles. The number of methoxy groups -OCH3 is 1. The van der Waals surface area contributed by atoms with Gasteiger partial charge < -0.3 is 10.1 Å². The van der Waals surface area contributed by atoms with E-state index in [4.69, 9.17) is 16.3 Å². The van der Waals surface area contributed by atoms with Crippen molar-refractivity contribution in [3.8, 4) is 0 Å². The molecular weight excluding hydrogens is 286 g/mol. The van der Waals surface area contributed by atoms with E-state index in [9.17, 15) is 0 Å². The first-order valence-corrected chi connectivity index (χ1v) is 8.41. The van der Waals surface area contributed by atoms with Gasteiger partial charge in [-0.1, -0.05) is 32.4 Å². The molecule has 0 aromatic carbocycles. The second-order valence-corrected chi connectivity index (χ2v) is 6.01. The highest BCUT2D eigenvalue weighted by Crippen LogP contribution is 2.24. The summed E-state index contributed by atoms with van der Waals surface area (Å²) in [5.41, 5.74) is 2.17. The molecule has 0 aliphatic rings. The van der Waals surface area contributed by atoms with Gasteiger partial charge in [-0.15, -0.1) is 0 Å². The molecule has 0 aliphatic carbocycles. The van der Waals surface area contributed by atoms with Crippen molar-refractivity contribution in [1.29, 1.82) is 0 Å². The molecule has 2 unspecified atom stereocenters. The zero-order valence-electron chi connectivity index (χ0n) is 14.1. The van der Waals surface area contributed by atoms with Crippen LogP contribution in [0.3, 0.4) is 0 Å². The Morgan fingerprint density at radius 1 is 1.33 bits per heavy atom. The molecule has 21 heavy (non-hydrogen) atoms. The van der Waals surface area contributed by atoms with Gasteiger partial charge in [-0.05, 0) is 32.2 Å². The van der Waals surface area contributed by atoms with Crippen molar-refractivity contribution >= 4 is 11.6 Å². The maximum atomic E-state index is 6.51. The Kier molecular flexibility index (Phi) is 8.30. The van der Waals surface area contributed by atoms with Crippen LogP contribution in [0.4, 0.5) is 0 Å². The van der Waals surface area contributed by atoms with Gasteiger partial charge in [0.2, 0.25) is 0 Å². The van der Waals surface area contributed by atoms with E-state index in [1.54, 1.807) is 7.11 Å². The summed E-state index contributed by atoms with van der Waals surface area (Å²) in [5, 5.41) is 9.03. The van der Waals surface area contributed by atoms with Crippen molar-refractivity contribution in [3.05, 3.63) is 16.4 Å². The highest BCUT2D eigenvalue weighted by molar-refractivity contribution is 6.31. The van der Waals surface area contributed by atoms with Gasteiger partial charge in [0.15, 0.2) is 0 Å². The van der Waals surface area contributed by atoms with Crippen LogP contribution in [0.15, 0.2) is 0 Å². The zero-order chi connectivity index (χ0) is 15.8. The maximum absolute atomic E-state index is 6.51. The molecule has 2 atom stereocenters. The van der Waals surface area contributed by atoms with Crippen molar-refractivity contribution in [3.63, 3.8) is 0 Å². The van der Waals surface area contributed by atoms with Gasteiger partial charge in [0.1, 0.15) is 0 Å². The van der Waals surface area contributed by atoms with Crippen LogP contribution in [0.25, 0.3) is 0 Å². The van der Waals surface area contributed by atoms with Crippen molar-refractivity contribution in [2.75, 3.05) is 20.3 Å². The van der Waals surface area contributed by atoms with E-state index >= 15 is 0 Å². The van der Waals surface area contributed by atoms with Crippen LogP contribution in [0.2, 0.25) is 5.02 Å². The molecule has 0 amide bonds. The molecule has 4 nitrogen and oxygen atoms in total. The largest absolute Gasteiger partial charge is 0.384 e. The number of halogens is 1. The molecule has 1 rings (SSSR count). The van der Waals surface area contributed by atoms with E-state index in [2.05, 4.69) is 38.1 Å². The molecular formula is C16H30ClN3O. The van der Waals surface area contributed by atoms with Crippen LogP contribution in [0.1, 0.15) is 45.5 Å². The first-order chi connectivity index (χ1) is 10.1. The van der Waals surface area contributed by atoms with Gasteiger partial charge in [-0.2, -0.15) is 5.10 Å². The van der Waals surface area contributed by atoms with E-state index in [-0.39, 0.29) is 0 Å². The van der Waals surface area contributed by atoms with E-state index in [1.165, 1.54) is 0 Å². The minimum atomic E-state index is 0.407. The summed E-state index contributed by atoms with van der Waals surface area (Å²) in [4.78, 5) is 0. The third kappa shape index (κ3) is 5.28. The van der Waals surface area contributed by atoms with E-state index in [0.29, 0.717) is 12.0 Å². The molecule has 0 aliphatic heterocycles. The molecule has 0 saturated carbocycles. The van der Waals surface area contributed by atoms with Crippen molar-refractivity contribution in [2.45, 2.75) is 59.5 Å². The Hall–Kier alpha value is -0.580. The SMILES string of the molecule is CCNC(Cc1c(Cl)c(CC)nn1CC)CC(C)COC. The number of hydrogen-bond acceptors (Lipinski definition) is 3. The lowest BCUT2D eigenvalue weighted by atomic mass is 9.98. The van der Waals surface area contributed by atoms with Gasteiger partial charge in [0.25, 0.3) is 0 Å². The number of nitrogens with zero attached hydrogens (tertiary/aromatic N) is 2. The highest BCUT2D eigenvalue weighted by Gasteiger charge is 2.20. The Morgan fingerprint density at radius 3 is 2.57 bits per heavy atom. The quantitative estimate of drug-likeness (QED) is 0.720. The molecule has 0 radical (unpaired) electrons. The lowest BCUT2D eigenvalue weighted by Crippen LogP contribution is -2.34. The maximum Gasteiger partial charge on any atom is 0.0850 e. The monoisotopic (exact) mass is 315 g/mol. The normalized spacial score (nSPS) is 14.4. The summed E-state index contributed by atoms with van der Waals surface area (Å²) in [6.07, 6.45) is 2.88. The third-order valence-electron chi connectivity index (χ3n) is 3.76. The topological polar surface area (TPSA) is 39.1 Å². The number of aromatic nitrogens is 2. The number of hydrogen-bond donors (Lipinski definition) is 1. The molecule has 122 valence electrons. The summed E-state index contributed by atoms with van der Waals surface area (Å²) in [6, 6.07) is 0.407. The third-order valence-corrected chi connectivity index (χ3v) is 4.20. The lowest BCUT2D eigenvalue weighted by Gasteiger charge is -2.22. The van der Waals surface area contributed by atoms with Crippen LogP contribution < -0.4 is 5.32 Å². The van der Waals surface area contributed by atoms with Crippen molar-refractivity contribution in [1.82, 2.24) is 15.1 Å². The smallest absolute Gasteiger partial charge is 0.0850 e. The van der Waals surface area contributed by atoms with E-state index in [0.717, 1.165) is 55.4 Å². The number of likely N-dealkylation sites (N-methyl/N-ethyl adjacent to an activating group) is 1. The predicted molar refractivity (Wildman–Crippen MR) is 89.1 cm³/mol. The first kappa shape index (κ1) is 18.5. The summed E-state index contributed by atoms with van der Waals surface area (Å²) >= 11 is 6.51. The molecule has 0 fully saturated rings. The number of rotatable bonds is 10. The minimum absolute atomic E-state index is 0.407. The Labute approximate surface area is 134 Å². The molecule has 1 aromatic heterocycles. The number of ether oxygens (including phenoxy) is 1. The molecule has 1 heterocycles. The molecule has 0 bridgehead atoms. The second kappa shape index (κ2) is 9.44. The average Bonchev–Trinajstić information content (AvgIpc) is 2.75. The van der Waals surface area contributed by atoms with Crippen LogP contribution >= 0.6 is 11.6 Å². The Balaban J connectivity index is 2.85. The summed E-state index contributed by atoms with van der Waals surface area (Å²) in [7, 11) is 1.76. The van der Waals surface area contributed by atoms with Crippen molar-refractivity contribution < 1.29 is 4.74 Å². The standard InChI is InChI=1S/C16H30ClN3O/c1-6-14-16(17)15(20(8-3)19-14)10-13(18-7-2)9-12(4)11-21-5/h12-13,18H,6-11H2,1-5H3. The lowest BCUT2D eigenvalue weighted by molar-refractivity contribution is 0.149. The number of aryl methyl sites for hydroxylation is 2. The zero-order valence-corrected chi connectivity index (χ0v) is 14.8. The number of nitrogens with one attached hydrogen (secondary N) is 1. The average molecular weight is 316 g/mol. The van der Waals surface area contributed by atoms with Gasteiger partial charge in [-0.3, -0.25) is 4.68 Å². The molecule has 1 N–H and O–H groups in total. The Bertz CT molecular complexity index is 420. The summed E-state index contributed by atoms with van der Waals surface area (Å²) in [6.45, 7) is 11.2. The summed E-state index contributed by atoms with van der Waals surface area (Å²) < 4.78 is 7.30. The van der Waals surface area contributed by atoms with Crippen LogP contribution in [0, 0.1) is 5.92 Å². The molecule has 0 spiro atoms. The van der Waals surface area contributed by atoms with Gasteiger partial charge >= 0.3 is 0 Å². The van der Waals surface area contributed by atoms with Crippen molar-refractivity contribution in [2.24, 2.45) is 5.92 Å². The minimum Gasteiger partial charge on any atom is -0.384 e. The fourth-order valence-corrected chi connectivity index (χ4v) is 3.16. The second-order valence-electron chi connectivity index (χ2n) is 5.63. The van der Waals surface area contributed by atoms with Crippen LogP contribution in [-0.4, -0.2) is 36.1 Å². The fraction of sp³-hybridized carbons (Fsp3) is 0.812.